The Morgan fingerprint density at radius 1 is 0.107 bits per heavy atom. The largest absolute Gasteiger partial charge is 0.310 e. The summed E-state index contributed by atoms with van der Waals surface area (Å²) in [6, 6.07) is 198. The summed E-state index contributed by atoms with van der Waals surface area (Å²) in [6.07, 6.45) is 0. The third-order valence-corrected chi connectivity index (χ3v) is 35.7. The molecule has 6 aromatic heterocycles. The van der Waals surface area contributed by atoms with Crippen LogP contribution >= 0.6 is 68.0 Å². The van der Waals surface area contributed by atoms with E-state index < -0.39 is 0 Å². The minimum atomic E-state index is 1.14. The van der Waals surface area contributed by atoms with Gasteiger partial charge in [0.25, 0.3) is 0 Å². The van der Waals surface area contributed by atoms with E-state index in [0.29, 0.717) is 0 Å². The zero-order chi connectivity index (χ0) is 99.1. The van der Waals surface area contributed by atoms with Gasteiger partial charge in [-0.1, -0.05) is 297 Å². The first-order valence-electron chi connectivity index (χ1n) is 50.5. The van der Waals surface area contributed by atoms with Gasteiger partial charge in [-0.2, -0.15) is 0 Å². The van der Waals surface area contributed by atoms with Gasteiger partial charge in [0.05, 0.1) is 11.4 Å². The third kappa shape index (κ3) is 16.3. The Balaban J connectivity index is 0.000000108. The molecule has 12 heteroatoms. The van der Waals surface area contributed by atoms with Crippen molar-refractivity contribution in [3.63, 3.8) is 0 Å². The molecule has 0 bridgehead atoms. The first-order chi connectivity index (χ1) is 74.4. The Hall–Kier alpha value is -17.8. The van der Waals surface area contributed by atoms with Crippen molar-refractivity contribution in [2.75, 3.05) is 29.4 Å². The summed E-state index contributed by atoms with van der Waals surface area (Å²) in [5.74, 6) is 0. The second-order valence-corrected chi connectivity index (χ2v) is 44.2. The van der Waals surface area contributed by atoms with Crippen molar-refractivity contribution < 1.29 is 0 Å². The Kier molecular flexibility index (Phi) is 23.1. The molecule has 24 aromatic carbocycles. The molecule has 0 spiro atoms. The van der Waals surface area contributed by atoms with Gasteiger partial charge in [0.1, 0.15) is 0 Å². The minimum Gasteiger partial charge on any atom is -0.310 e. The number of para-hydroxylation sites is 9. The molecule has 0 N–H and O–H groups in total. The highest BCUT2D eigenvalue weighted by atomic mass is 32.1. The molecule has 0 fully saturated rings. The first-order valence-corrected chi connectivity index (χ1v) is 55.4. The number of hydrogen-bond donors (Lipinski definition) is 0. The van der Waals surface area contributed by atoms with Gasteiger partial charge < -0.3 is 29.4 Å². The van der Waals surface area contributed by atoms with Crippen molar-refractivity contribution in [2.24, 2.45) is 0 Å². The van der Waals surface area contributed by atoms with Gasteiger partial charge in [0.15, 0.2) is 0 Å². The maximum Gasteiger partial charge on any atom is 0.0554 e. The zero-order valence-electron chi connectivity index (χ0n) is 81.1. The number of benzene rings is 24. The van der Waals surface area contributed by atoms with Crippen molar-refractivity contribution in [2.45, 2.75) is 0 Å². The molecule has 0 saturated carbocycles. The summed E-state index contributed by atoms with van der Waals surface area (Å²) in [5.41, 5.74) is 20.7. The van der Waals surface area contributed by atoms with Crippen molar-refractivity contribution in [3.8, 4) is 0 Å². The van der Waals surface area contributed by atoms with Gasteiger partial charge in [0.2, 0.25) is 0 Å². The van der Waals surface area contributed by atoms with Gasteiger partial charge in [-0.15, -0.1) is 68.0 Å². The van der Waals surface area contributed by atoms with Crippen LogP contribution in [0.3, 0.4) is 0 Å². The fraction of sp³-hybridized carbons (Fsp3) is 0. The molecule has 0 amide bonds. The standard InChI is InChI=1S/3C46H30N2S2/c1-4-14-31(15-5-1)47(32-16-6-2-7-17-32)34-25-27-44-40(28-34)38-26-24-35(29-45(38)49-44)48(33-18-8-3-9-19-33)42-30-41-37-21-12-13-23-43(37)50-46(41)39-22-11-10-20-36(39)42;1-4-14-31(15-5-1)47(32-16-6-2-7-17-32)34-25-27-43-40(28-34)37-26-24-35(29-44(37)49-43)48(33-18-8-3-9-19-33)41-30-45-46(38-21-11-10-20-36(38)41)39-22-12-13-23-42(39)50-45;1-4-13-32(14-5-1)47(33-15-6-2-7-16-33)35-22-26-42-40(28-35)39-24-21-37(30-45(39)50-42)48(34-17-8-3-9-18-34)36-23-27-43-41(29-36)46-38-19-11-10-12-31(38)20-25-44(46)49-43/h3*1-30H. The van der Waals surface area contributed by atoms with Crippen LogP contribution in [0.4, 0.5) is 102 Å². The van der Waals surface area contributed by atoms with Crippen LogP contribution in [0.5, 0.6) is 0 Å². The lowest BCUT2D eigenvalue weighted by molar-refractivity contribution is 1.29. The quantitative estimate of drug-likeness (QED) is 0.0847. The smallest absolute Gasteiger partial charge is 0.0554 e. The average molecular weight is 2020 g/mol. The maximum absolute atomic E-state index is 2.44. The van der Waals surface area contributed by atoms with E-state index in [2.05, 4.69) is 575 Å². The summed E-state index contributed by atoms with van der Waals surface area (Å²) < 4.78 is 15.6. The van der Waals surface area contributed by atoms with Crippen LogP contribution in [0.25, 0.3) is 153 Å². The van der Waals surface area contributed by atoms with Crippen molar-refractivity contribution in [1.29, 1.82) is 0 Å². The Morgan fingerprint density at radius 3 is 0.760 bits per heavy atom. The molecular weight excluding hydrogens is 1930 g/mol. The molecule has 0 saturated heterocycles. The lowest BCUT2D eigenvalue weighted by atomic mass is 10.0. The Labute approximate surface area is 891 Å². The number of nitrogens with zero attached hydrogens (tertiary/aromatic N) is 6. The second-order valence-electron chi connectivity index (χ2n) is 37.7. The highest BCUT2D eigenvalue weighted by Crippen LogP contribution is 2.55. The van der Waals surface area contributed by atoms with Crippen LogP contribution in [0.1, 0.15) is 0 Å². The van der Waals surface area contributed by atoms with E-state index in [0.717, 1.165) is 91.0 Å². The number of anilines is 18. The SMILES string of the molecule is c1ccc(N(c2ccccc2)c2ccc3sc4cc(N(c5ccccc5)c5cc6c7ccccc7sc6c6ccccc56)ccc4c3c2)cc1.c1ccc(N(c2ccccc2)c2ccc3sc4cc(N(c5ccccc5)c5cc6sc7ccccc7c6c6ccccc56)ccc4c3c2)cc1.c1ccc(N(c2ccccc2)c2ccc3sc4cc(N(c5ccccc5)c5ccc6sc7ccc8ccccc8c7c6c5)ccc4c3c2)cc1. The topological polar surface area (TPSA) is 19.4 Å². The molecule has 150 heavy (non-hydrogen) atoms. The predicted molar refractivity (Wildman–Crippen MR) is 657 cm³/mol. The van der Waals surface area contributed by atoms with Crippen LogP contribution in [-0.2, 0) is 0 Å². The summed E-state index contributed by atoms with van der Waals surface area (Å²) in [4.78, 5) is 14.3. The molecule has 30 aromatic rings. The molecule has 708 valence electrons. The van der Waals surface area contributed by atoms with Gasteiger partial charge in [-0.25, -0.2) is 0 Å². The predicted octanol–water partition coefficient (Wildman–Crippen LogP) is 43.5. The van der Waals surface area contributed by atoms with Crippen LogP contribution in [0.2, 0.25) is 0 Å². The van der Waals surface area contributed by atoms with Gasteiger partial charge in [-0.3, -0.25) is 0 Å². The van der Waals surface area contributed by atoms with E-state index in [1.807, 2.05) is 68.0 Å². The molecule has 0 aliphatic rings. The molecule has 30 rings (SSSR count). The number of thiophene rings is 6. The van der Waals surface area contributed by atoms with E-state index in [9.17, 15) is 0 Å². The van der Waals surface area contributed by atoms with E-state index in [1.54, 1.807) is 0 Å². The fourth-order valence-electron chi connectivity index (χ4n) is 22.1. The molecule has 6 heterocycles. The van der Waals surface area contributed by atoms with Crippen molar-refractivity contribution in [3.05, 3.63) is 546 Å². The monoisotopic (exact) mass is 2020 g/mol. The number of rotatable bonds is 18. The van der Waals surface area contributed by atoms with Crippen LogP contribution in [0, 0.1) is 0 Å². The van der Waals surface area contributed by atoms with E-state index in [-0.39, 0.29) is 0 Å². The molecule has 6 nitrogen and oxygen atoms in total. The van der Waals surface area contributed by atoms with E-state index in [1.165, 1.54) is 165 Å². The Morgan fingerprint density at radius 2 is 0.353 bits per heavy atom. The summed E-state index contributed by atoms with van der Waals surface area (Å²) in [5, 5.41) is 23.2. The van der Waals surface area contributed by atoms with Gasteiger partial charge in [0, 0.05) is 228 Å². The van der Waals surface area contributed by atoms with Crippen LogP contribution in [0.15, 0.2) is 546 Å². The van der Waals surface area contributed by atoms with Gasteiger partial charge in [-0.05, 0) is 265 Å². The summed E-state index contributed by atoms with van der Waals surface area (Å²) >= 11 is 11.2. The molecule has 0 atom stereocenters. The molecule has 0 unspecified atom stereocenters. The summed E-state index contributed by atoms with van der Waals surface area (Å²) in [7, 11) is 0. The lowest BCUT2D eigenvalue weighted by Gasteiger charge is -2.27. The molecular formula is C138H90N6S6. The van der Waals surface area contributed by atoms with E-state index >= 15 is 0 Å². The van der Waals surface area contributed by atoms with Crippen LogP contribution in [-0.4, -0.2) is 0 Å². The number of hydrogen-bond acceptors (Lipinski definition) is 12. The zero-order valence-corrected chi connectivity index (χ0v) is 86.0. The van der Waals surface area contributed by atoms with Crippen molar-refractivity contribution >= 4 is 324 Å². The third-order valence-electron chi connectivity index (χ3n) is 28.8. The minimum absolute atomic E-state index is 1.14. The normalized spacial score (nSPS) is 11.6. The fourth-order valence-corrected chi connectivity index (χ4v) is 28.9. The second kappa shape index (κ2) is 38.5. The number of fused-ring (bicyclic) bond motifs is 24. The average Bonchev–Trinajstić information content (AvgIpc) is 1.55. The highest BCUT2D eigenvalue weighted by molar-refractivity contribution is 7.28. The maximum atomic E-state index is 2.44. The summed E-state index contributed by atoms with van der Waals surface area (Å²) in [6.45, 7) is 0. The molecule has 0 radical (unpaired) electrons. The first kappa shape index (κ1) is 89.8. The Bertz CT molecular complexity index is 10200. The molecule has 0 aliphatic heterocycles. The van der Waals surface area contributed by atoms with Crippen LogP contribution < -0.4 is 29.4 Å². The lowest BCUT2D eigenvalue weighted by Crippen LogP contribution is -2.10. The van der Waals surface area contributed by atoms with E-state index in [4.69, 9.17) is 0 Å². The van der Waals surface area contributed by atoms with Crippen molar-refractivity contribution in [1.82, 2.24) is 0 Å². The molecule has 0 aliphatic carbocycles. The van der Waals surface area contributed by atoms with Gasteiger partial charge >= 0.3 is 0 Å². The highest BCUT2D eigenvalue weighted by Gasteiger charge is 2.28.